The lowest BCUT2D eigenvalue weighted by Crippen LogP contribution is -2.53. The first kappa shape index (κ1) is 25.9. The minimum absolute atomic E-state index is 0.0870. The minimum Gasteiger partial charge on any atom is -0.454 e. The molecule has 11 nitrogen and oxygen atoms in total. The van der Waals surface area contributed by atoms with Crippen LogP contribution in [-0.4, -0.2) is 62.4 Å². The highest BCUT2D eigenvalue weighted by Crippen LogP contribution is 2.41. The van der Waals surface area contributed by atoms with Crippen molar-refractivity contribution in [2.45, 2.75) is 48.1 Å². The smallest absolute Gasteiger partial charge is 0.412 e. The first-order chi connectivity index (χ1) is 18.1. The summed E-state index contributed by atoms with van der Waals surface area (Å²) in [6.07, 6.45) is -1.35. The number of carbonyl (C=O) groups excluding carboxylic acids is 1. The lowest BCUT2D eigenvalue weighted by Gasteiger charge is -2.34. The number of ether oxygens (including phenoxy) is 2. The summed E-state index contributed by atoms with van der Waals surface area (Å²) in [6.45, 7) is 1.06. The van der Waals surface area contributed by atoms with Gasteiger partial charge in [-0.1, -0.05) is 0 Å². The van der Waals surface area contributed by atoms with Crippen LogP contribution in [0.2, 0.25) is 0 Å². The molecule has 1 atom stereocenters. The van der Waals surface area contributed by atoms with Crippen molar-refractivity contribution >= 4 is 23.5 Å². The first-order valence-corrected chi connectivity index (χ1v) is 12.6. The number of halogens is 3. The molecule has 1 fully saturated rings. The molecule has 4 aliphatic rings. The fraction of sp³-hybridized carbons (Fsp3) is 0.435. The number of likely N-dealkylation sites (tertiary alicyclic amines) is 1. The molecule has 38 heavy (non-hydrogen) atoms. The molecule has 0 aromatic heterocycles. The van der Waals surface area contributed by atoms with Crippen LogP contribution in [0.15, 0.2) is 28.5 Å². The molecule has 1 saturated heterocycles. The normalized spacial score (nSPS) is 16.6. The topological polar surface area (TPSA) is 158 Å². The van der Waals surface area contributed by atoms with Crippen molar-refractivity contribution in [1.29, 1.82) is 5.26 Å². The van der Waals surface area contributed by atoms with Crippen LogP contribution in [0.3, 0.4) is 0 Å². The molecule has 0 bridgehead atoms. The zero-order chi connectivity index (χ0) is 27.0. The lowest BCUT2D eigenvalue weighted by molar-refractivity contribution is -0.170. The molecule has 0 saturated carbocycles. The van der Waals surface area contributed by atoms with E-state index in [1.165, 1.54) is 16.7 Å². The van der Waals surface area contributed by atoms with E-state index in [1.54, 1.807) is 18.5 Å². The number of piperidine rings is 1. The summed E-state index contributed by atoms with van der Waals surface area (Å²) in [6, 6.07) is 2.97. The molecule has 0 aliphatic carbocycles. The molecular weight excluding hydrogens is 525 g/mol. The van der Waals surface area contributed by atoms with Crippen LogP contribution in [-0.2, 0) is 11.3 Å². The second-order valence-electron chi connectivity index (χ2n) is 8.99. The maximum atomic E-state index is 12.8. The van der Waals surface area contributed by atoms with E-state index < -0.39 is 18.1 Å². The van der Waals surface area contributed by atoms with Gasteiger partial charge in [-0.3, -0.25) is 4.79 Å². The lowest BCUT2D eigenvalue weighted by atomic mass is 9.93. The van der Waals surface area contributed by atoms with Gasteiger partial charge in [-0.05, 0) is 43.0 Å². The Hall–Kier alpha value is -3.77. The molecule has 4 N–H and O–H groups in total. The molecule has 5 rings (SSSR count). The van der Waals surface area contributed by atoms with E-state index in [0.717, 1.165) is 0 Å². The van der Waals surface area contributed by atoms with Gasteiger partial charge in [0.15, 0.2) is 40.0 Å². The van der Waals surface area contributed by atoms with Crippen molar-refractivity contribution in [3.63, 3.8) is 0 Å². The van der Waals surface area contributed by atoms with Gasteiger partial charge in [-0.25, -0.2) is 15.0 Å². The second kappa shape index (κ2) is 10.2. The number of hydrogen-bond acceptors (Lipinski definition) is 10. The highest BCUT2D eigenvalue weighted by atomic mass is 32.2. The molecule has 4 heterocycles. The van der Waals surface area contributed by atoms with E-state index in [2.05, 4.69) is 21.0 Å². The average Bonchev–Trinajstić information content (AvgIpc) is 3.54. The third-order valence-electron chi connectivity index (χ3n) is 6.59. The maximum absolute atomic E-state index is 12.8. The molecule has 0 spiro atoms. The fourth-order valence-electron chi connectivity index (χ4n) is 4.44. The highest BCUT2D eigenvalue weighted by molar-refractivity contribution is 7.99. The van der Waals surface area contributed by atoms with E-state index in [9.17, 15) is 23.2 Å². The number of nitriles is 1. The maximum Gasteiger partial charge on any atom is 0.412 e. The summed E-state index contributed by atoms with van der Waals surface area (Å²) in [5, 5.41) is 9.93. The number of nitrogen functional groups attached to an aromatic ring is 1. The van der Waals surface area contributed by atoms with Gasteiger partial charge in [-0.2, -0.15) is 18.4 Å². The van der Waals surface area contributed by atoms with Crippen molar-refractivity contribution in [1.82, 2.24) is 24.4 Å². The number of aromatic nitrogens is 4. The van der Waals surface area contributed by atoms with Crippen LogP contribution in [0.1, 0.15) is 24.8 Å². The molecule has 200 valence electrons. The molecule has 1 aromatic carbocycles. The summed E-state index contributed by atoms with van der Waals surface area (Å²) in [5.41, 5.74) is 11.9. The first-order valence-electron chi connectivity index (χ1n) is 11.7. The van der Waals surface area contributed by atoms with Crippen LogP contribution < -0.4 is 20.9 Å². The molecule has 4 aliphatic heterocycles. The highest BCUT2D eigenvalue weighted by Gasteiger charge is 2.44. The zero-order valence-electron chi connectivity index (χ0n) is 19.9. The largest absolute Gasteiger partial charge is 0.454 e. The van der Waals surface area contributed by atoms with Crippen LogP contribution in [0.5, 0.6) is 11.5 Å². The van der Waals surface area contributed by atoms with Gasteiger partial charge < -0.3 is 30.4 Å². The number of fused-ring (bicyclic) bond motifs is 2. The Labute approximate surface area is 219 Å². The molecule has 15 heteroatoms. The van der Waals surface area contributed by atoms with E-state index >= 15 is 0 Å². The molecule has 0 radical (unpaired) electrons. The van der Waals surface area contributed by atoms with Gasteiger partial charge in [0.2, 0.25) is 12.7 Å². The number of nitrogens with two attached hydrogens (primary N) is 2. The van der Waals surface area contributed by atoms with Crippen molar-refractivity contribution < 1.29 is 27.4 Å². The Morgan fingerprint density at radius 3 is 2.63 bits per heavy atom. The molecule has 1 amide bonds. The number of benzene rings is 1. The van der Waals surface area contributed by atoms with Crippen molar-refractivity contribution in [3.8, 4) is 29.1 Å². The van der Waals surface area contributed by atoms with Crippen molar-refractivity contribution in [3.05, 3.63) is 24.0 Å². The van der Waals surface area contributed by atoms with Gasteiger partial charge in [0.05, 0.1) is 11.9 Å². The van der Waals surface area contributed by atoms with Crippen LogP contribution in [0.25, 0.3) is 11.5 Å². The summed E-state index contributed by atoms with van der Waals surface area (Å²) < 4.78 is 50.9. The van der Waals surface area contributed by atoms with Gasteiger partial charge >= 0.3 is 6.18 Å². The Bertz CT molecular complexity index is 1370. The predicted octanol–water partition coefficient (Wildman–Crippen LogP) is 2.63. The number of rotatable bonds is 6. The predicted molar refractivity (Wildman–Crippen MR) is 128 cm³/mol. The summed E-state index contributed by atoms with van der Waals surface area (Å²) >= 11 is 1.20. The number of anilines is 1. The average molecular weight is 549 g/mol. The second-order valence-corrected chi connectivity index (χ2v) is 10.0. The number of imidazole rings is 1. The van der Waals surface area contributed by atoms with E-state index in [0.29, 0.717) is 64.4 Å². The van der Waals surface area contributed by atoms with Crippen LogP contribution in [0.4, 0.5) is 19.0 Å². The number of hydrogen-bond donors (Lipinski definition) is 2. The SMILES string of the molecule is N#Cc1cc2c(cc1Sc1nc3c(N)ncn(CCC4CCN(C(=O)C(N)C(F)(F)F)CC4)c-3n1)OCO2. The third-order valence-corrected chi connectivity index (χ3v) is 7.51. The van der Waals surface area contributed by atoms with Gasteiger partial charge in [-0.15, -0.1) is 0 Å². The quantitative estimate of drug-likeness (QED) is 0.469. The Balaban J connectivity index is 1.25. The van der Waals surface area contributed by atoms with E-state index in [4.69, 9.17) is 20.9 Å². The number of nitrogens with zero attached hydrogens (tertiary/aromatic N) is 6. The van der Waals surface area contributed by atoms with E-state index in [1.807, 2.05) is 4.57 Å². The Morgan fingerprint density at radius 1 is 1.24 bits per heavy atom. The summed E-state index contributed by atoms with van der Waals surface area (Å²) in [4.78, 5) is 27.2. The van der Waals surface area contributed by atoms with E-state index in [-0.39, 0.29) is 31.6 Å². The Morgan fingerprint density at radius 2 is 1.95 bits per heavy atom. The fourth-order valence-corrected chi connectivity index (χ4v) is 5.28. The summed E-state index contributed by atoms with van der Waals surface area (Å²) in [7, 11) is 0. The molecule has 1 aromatic rings. The van der Waals surface area contributed by atoms with Gasteiger partial charge in [0.1, 0.15) is 6.07 Å². The van der Waals surface area contributed by atoms with Crippen LogP contribution >= 0.6 is 11.8 Å². The number of amides is 1. The van der Waals surface area contributed by atoms with Gasteiger partial charge in [0, 0.05) is 30.6 Å². The van der Waals surface area contributed by atoms with Crippen molar-refractivity contribution in [2.24, 2.45) is 11.7 Å². The summed E-state index contributed by atoms with van der Waals surface area (Å²) in [5.74, 6) is 0.896. The van der Waals surface area contributed by atoms with Gasteiger partial charge in [0.25, 0.3) is 0 Å². The number of carbonyl (C=O) groups is 1. The van der Waals surface area contributed by atoms with Crippen molar-refractivity contribution in [2.75, 3.05) is 25.6 Å². The molecule has 1 unspecified atom stereocenters. The Kier molecular flexibility index (Phi) is 6.93. The zero-order valence-corrected chi connectivity index (χ0v) is 20.8. The molecular formula is C23H23F3N8O3S. The number of aryl methyl sites for hydroxylation is 1. The number of alkyl halides is 3. The third kappa shape index (κ3) is 5.14. The minimum atomic E-state index is -4.76. The van der Waals surface area contributed by atoms with Crippen LogP contribution in [0, 0.1) is 17.2 Å². The monoisotopic (exact) mass is 548 g/mol. The standard InChI is InChI=1S/C23H23F3N8O3S/c24-23(25,26)18(28)21(35)33-4-1-12(2-5-33)3-6-34-10-30-19(29)17-20(34)32-22(31-17)38-16-8-15-14(36-11-37-15)7-13(16)9-27/h7-8,10,12,18H,1-6,11,28-29H2.